The fourth-order valence-corrected chi connectivity index (χ4v) is 5.89. The lowest BCUT2D eigenvalue weighted by Gasteiger charge is -2.43. The topological polar surface area (TPSA) is 85.0 Å². The van der Waals surface area contributed by atoms with Crippen LogP contribution in [0.5, 0.6) is 0 Å². The minimum absolute atomic E-state index is 0.0160. The van der Waals surface area contributed by atoms with Crippen molar-refractivity contribution in [3.63, 3.8) is 0 Å². The summed E-state index contributed by atoms with van der Waals surface area (Å²) in [6, 6.07) is 25.2. The Labute approximate surface area is 236 Å². The summed E-state index contributed by atoms with van der Waals surface area (Å²) in [5.74, 6) is -0.256. The van der Waals surface area contributed by atoms with Crippen LogP contribution < -0.4 is 15.5 Å². The number of piperidine rings is 1. The lowest BCUT2D eigenvalue weighted by Crippen LogP contribution is -2.58. The van der Waals surface area contributed by atoms with E-state index in [0.717, 1.165) is 28.1 Å². The molecule has 40 heavy (non-hydrogen) atoms. The summed E-state index contributed by atoms with van der Waals surface area (Å²) in [7, 11) is 0. The fraction of sp³-hybridized carbons (Fsp3) is 0.344. The van der Waals surface area contributed by atoms with Crippen LogP contribution in [0.25, 0.3) is 0 Å². The quantitative estimate of drug-likeness (QED) is 0.469. The van der Waals surface area contributed by atoms with E-state index in [-0.39, 0.29) is 30.4 Å². The molecule has 2 aliphatic heterocycles. The van der Waals surface area contributed by atoms with Crippen molar-refractivity contribution in [1.82, 2.24) is 15.1 Å². The molecule has 0 bridgehead atoms. The second kappa shape index (κ2) is 11.4. The number of benzene rings is 3. The number of para-hydroxylation sites is 2. The SMILES string of the molecule is Cc1cccc(C)c1NC(=O)N1CCC2(CC1)C(=O)N(CC(=O)N[C@H](C)c1ccccc1)CN2c1ccccc1. The maximum absolute atomic E-state index is 14.0. The summed E-state index contributed by atoms with van der Waals surface area (Å²) >= 11 is 0. The molecule has 0 saturated carbocycles. The molecule has 0 aromatic heterocycles. The van der Waals surface area contributed by atoms with Crippen LogP contribution in [0.4, 0.5) is 16.2 Å². The van der Waals surface area contributed by atoms with Crippen LogP contribution in [0, 0.1) is 13.8 Å². The van der Waals surface area contributed by atoms with Gasteiger partial charge in [-0.3, -0.25) is 9.59 Å². The first-order valence-electron chi connectivity index (χ1n) is 13.9. The Kier molecular flexibility index (Phi) is 7.78. The van der Waals surface area contributed by atoms with Crippen molar-refractivity contribution in [1.29, 1.82) is 0 Å². The molecule has 208 valence electrons. The average molecular weight is 540 g/mol. The zero-order valence-electron chi connectivity index (χ0n) is 23.4. The van der Waals surface area contributed by atoms with Crippen molar-refractivity contribution in [3.8, 4) is 0 Å². The van der Waals surface area contributed by atoms with Crippen molar-refractivity contribution < 1.29 is 14.4 Å². The molecule has 5 rings (SSSR count). The molecular formula is C32H37N5O3. The molecule has 2 aliphatic rings. The number of anilines is 2. The third-order valence-electron chi connectivity index (χ3n) is 8.18. The van der Waals surface area contributed by atoms with Gasteiger partial charge in [0.2, 0.25) is 5.91 Å². The second-order valence-electron chi connectivity index (χ2n) is 10.8. The van der Waals surface area contributed by atoms with E-state index in [4.69, 9.17) is 0 Å². The zero-order valence-corrected chi connectivity index (χ0v) is 23.4. The largest absolute Gasteiger partial charge is 0.348 e. The molecule has 8 nitrogen and oxygen atoms in total. The number of nitrogens with one attached hydrogen (secondary N) is 2. The summed E-state index contributed by atoms with van der Waals surface area (Å²) < 4.78 is 0. The normalized spacial score (nSPS) is 17.2. The molecule has 4 amide bonds. The van der Waals surface area contributed by atoms with Gasteiger partial charge in [-0.1, -0.05) is 66.7 Å². The van der Waals surface area contributed by atoms with Gasteiger partial charge in [0.25, 0.3) is 5.91 Å². The first-order chi connectivity index (χ1) is 19.3. The van der Waals surface area contributed by atoms with Crippen LogP contribution >= 0.6 is 0 Å². The Morgan fingerprint density at radius 1 is 0.875 bits per heavy atom. The predicted octanol–water partition coefficient (Wildman–Crippen LogP) is 4.85. The smallest absolute Gasteiger partial charge is 0.321 e. The number of urea groups is 1. The number of carbonyl (C=O) groups is 3. The number of likely N-dealkylation sites (tertiary alicyclic amines) is 1. The number of rotatable bonds is 6. The molecule has 0 unspecified atom stereocenters. The highest BCUT2D eigenvalue weighted by molar-refractivity contribution is 5.97. The van der Waals surface area contributed by atoms with Gasteiger partial charge in [-0.05, 0) is 62.4 Å². The summed E-state index contributed by atoms with van der Waals surface area (Å²) in [6.07, 6.45) is 0.971. The molecule has 0 aliphatic carbocycles. The van der Waals surface area contributed by atoms with Crippen LogP contribution in [0.2, 0.25) is 0 Å². The van der Waals surface area contributed by atoms with Gasteiger partial charge in [0.15, 0.2) is 0 Å². The molecule has 1 atom stereocenters. The molecule has 2 heterocycles. The second-order valence-corrected chi connectivity index (χ2v) is 10.8. The standard InChI is InChI=1S/C32H37N5O3/c1-23-11-10-12-24(2)29(23)34-31(40)35-19-17-32(18-20-35)30(39)36(22-37(32)27-15-8-5-9-16-27)21-28(38)33-25(3)26-13-6-4-7-14-26/h4-16,25H,17-22H2,1-3H3,(H,33,38)(H,34,40)/t25-/m1/s1. The van der Waals surface area contributed by atoms with Crippen molar-refractivity contribution in [3.05, 3.63) is 95.6 Å². The predicted molar refractivity (Wildman–Crippen MR) is 157 cm³/mol. The van der Waals surface area contributed by atoms with Crippen LogP contribution in [0.3, 0.4) is 0 Å². The van der Waals surface area contributed by atoms with Gasteiger partial charge in [-0.15, -0.1) is 0 Å². The number of amides is 4. The van der Waals surface area contributed by atoms with Crippen LogP contribution in [-0.4, -0.2) is 59.5 Å². The molecule has 2 fully saturated rings. The molecule has 2 N–H and O–H groups in total. The number of aryl methyl sites for hydroxylation is 2. The van der Waals surface area contributed by atoms with Crippen molar-refractivity contribution in [2.75, 3.05) is 36.5 Å². The van der Waals surface area contributed by atoms with Gasteiger partial charge >= 0.3 is 6.03 Å². The van der Waals surface area contributed by atoms with E-state index >= 15 is 0 Å². The van der Waals surface area contributed by atoms with E-state index in [1.54, 1.807) is 9.80 Å². The monoisotopic (exact) mass is 539 g/mol. The van der Waals surface area contributed by atoms with Crippen molar-refractivity contribution >= 4 is 29.2 Å². The van der Waals surface area contributed by atoms with Crippen LogP contribution in [-0.2, 0) is 9.59 Å². The van der Waals surface area contributed by atoms with E-state index in [1.807, 2.05) is 99.6 Å². The Bertz CT molecular complexity index is 1350. The summed E-state index contributed by atoms with van der Waals surface area (Å²) in [5, 5.41) is 6.10. The third kappa shape index (κ3) is 5.39. The molecular weight excluding hydrogens is 502 g/mol. The maximum Gasteiger partial charge on any atom is 0.321 e. The van der Waals surface area contributed by atoms with Crippen LogP contribution in [0.1, 0.15) is 42.5 Å². The Morgan fingerprint density at radius 3 is 2.10 bits per heavy atom. The third-order valence-corrected chi connectivity index (χ3v) is 8.18. The highest BCUT2D eigenvalue weighted by Gasteiger charge is 2.54. The highest BCUT2D eigenvalue weighted by atomic mass is 16.2. The van der Waals surface area contributed by atoms with E-state index in [9.17, 15) is 14.4 Å². The fourth-order valence-electron chi connectivity index (χ4n) is 5.89. The maximum atomic E-state index is 14.0. The van der Waals surface area contributed by atoms with E-state index in [0.29, 0.717) is 32.6 Å². The number of nitrogens with zero attached hydrogens (tertiary/aromatic N) is 3. The first kappa shape index (κ1) is 27.2. The van der Waals surface area contributed by atoms with E-state index in [1.165, 1.54) is 0 Å². The molecule has 3 aromatic rings. The average Bonchev–Trinajstić information content (AvgIpc) is 3.22. The molecule has 3 aromatic carbocycles. The minimum atomic E-state index is -0.804. The lowest BCUT2D eigenvalue weighted by atomic mass is 9.85. The summed E-state index contributed by atoms with van der Waals surface area (Å²) in [5.41, 5.74) is 4.00. The van der Waals surface area contributed by atoms with Gasteiger partial charge in [-0.2, -0.15) is 0 Å². The zero-order chi connectivity index (χ0) is 28.3. The number of hydrogen-bond donors (Lipinski definition) is 2. The molecule has 8 heteroatoms. The Morgan fingerprint density at radius 2 is 1.48 bits per heavy atom. The molecule has 0 radical (unpaired) electrons. The number of hydrogen-bond acceptors (Lipinski definition) is 4. The Hall–Kier alpha value is -4.33. The van der Waals surface area contributed by atoms with Crippen molar-refractivity contribution in [2.24, 2.45) is 0 Å². The van der Waals surface area contributed by atoms with Gasteiger partial charge in [0.05, 0.1) is 12.7 Å². The van der Waals surface area contributed by atoms with Gasteiger partial charge in [-0.25, -0.2) is 4.79 Å². The van der Waals surface area contributed by atoms with Crippen molar-refractivity contribution in [2.45, 2.75) is 45.2 Å². The van der Waals surface area contributed by atoms with Crippen LogP contribution in [0.15, 0.2) is 78.9 Å². The van der Waals surface area contributed by atoms with Gasteiger partial charge < -0.3 is 25.3 Å². The minimum Gasteiger partial charge on any atom is -0.348 e. The summed E-state index contributed by atoms with van der Waals surface area (Å²) in [6.45, 7) is 7.09. The van der Waals surface area contributed by atoms with Gasteiger partial charge in [0.1, 0.15) is 12.1 Å². The molecule has 2 saturated heterocycles. The highest BCUT2D eigenvalue weighted by Crippen LogP contribution is 2.39. The number of carbonyl (C=O) groups excluding carboxylic acids is 3. The van der Waals surface area contributed by atoms with Gasteiger partial charge in [0, 0.05) is 24.5 Å². The van der Waals surface area contributed by atoms with E-state index < -0.39 is 5.54 Å². The summed E-state index contributed by atoms with van der Waals surface area (Å²) in [4.78, 5) is 45.8. The first-order valence-corrected chi connectivity index (χ1v) is 13.9. The molecule has 1 spiro atoms. The van der Waals surface area contributed by atoms with E-state index in [2.05, 4.69) is 15.5 Å². The Balaban J connectivity index is 1.30. The lowest BCUT2D eigenvalue weighted by molar-refractivity contribution is -0.137.